The van der Waals surface area contributed by atoms with Crippen LogP contribution in [0.5, 0.6) is 11.5 Å². The number of amides is 5. The van der Waals surface area contributed by atoms with E-state index < -0.39 is 34.1 Å². The number of carbonyl (C=O) groups excluding carboxylic acids is 4. The number of imide groups is 1. The quantitative estimate of drug-likeness (QED) is 0.0910. The van der Waals surface area contributed by atoms with Crippen LogP contribution in [0.25, 0.3) is 22.0 Å². The summed E-state index contributed by atoms with van der Waals surface area (Å²) in [4.78, 5) is 57.5. The van der Waals surface area contributed by atoms with E-state index in [4.69, 9.17) is 26.8 Å². The number of aryl methyl sites for hydroxylation is 1. The van der Waals surface area contributed by atoms with Crippen LogP contribution in [0, 0.1) is 17.6 Å². The maximum Gasteiger partial charge on any atom is 0.328 e. The number of fused-ring (bicyclic) bond motifs is 2. The van der Waals surface area contributed by atoms with Gasteiger partial charge >= 0.3 is 6.03 Å². The molecule has 4 aromatic carbocycles. The fourth-order valence-electron chi connectivity index (χ4n) is 12.3. The number of piperidine rings is 2. The van der Waals surface area contributed by atoms with E-state index in [0.717, 1.165) is 99.7 Å². The van der Waals surface area contributed by atoms with Gasteiger partial charge in [0.05, 0.1) is 28.4 Å². The number of aliphatic hydroxyl groups is 1. The first-order valence-electron chi connectivity index (χ1n) is 25.4. The summed E-state index contributed by atoms with van der Waals surface area (Å²) in [5.74, 6) is -3.02. The Balaban J connectivity index is 0.749. The fraction of sp³-hybridized carbons (Fsp3) is 0.455. The van der Waals surface area contributed by atoms with Gasteiger partial charge in [-0.15, -0.1) is 0 Å². The van der Waals surface area contributed by atoms with Gasteiger partial charge in [-0.3, -0.25) is 24.6 Å². The zero-order valence-electron chi connectivity index (χ0n) is 40.7. The second kappa shape index (κ2) is 20.4. The lowest BCUT2D eigenvalue weighted by atomic mass is 9.77. The summed E-state index contributed by atoms with van der Waals surface area (Å²) in [6, 6.07) is 20.0. The van der Waals surface area contributed by atoms with Crippen molar-refractivity contribution in [2.24, 2.45) is 18.7 Å². The Morgan fingerprint density at radius 3 is 2.36 bits per heavy atom. The number of halogens is 3. The lowest BCUT2D eigenvalue weighted by Crippen LogP contribution is -2.51. The predicted molar refractivity (Wildman–Crippen MR) is 270 cm³/mol. The van der Waals surface area contributed by atoms with Crippen LogP contribution in [0.2, 0.25) is 5.02 Å². The highest BCUT2D eigenvalue weighted by atomic mass is 35.5. The molecule has 5 heterocycles. The average Bonchev–Trinajstić information content (AvgIpc) is 3.87. The number of aliphatic hydroxyl groups excluding tert-OH is 1. The molecule has 5 amide bonds. The van der Waals surface area contributed by atoms with Gasteiger partial charge in [-0.1, -0.05) is 61.0 Å². The van der Waals surface area contributed by atoms with Crippen molar-refractivity contribution in [3.05, 3.63) is 112 Å². The van der Waals surface area contributed by atoms with Gasteiger partial charge in [0.1, 0.15) is 18.2 Å². The number of aromatic nitrogens is 1. The molecule has 0 spiro atoms. The molecular weight excluding hydrogens is 944 g/mol. The third-order valence-corrected chi connectivity index (χ3v) is 16.6. The molecule has 0 bridgehead atoms. The van der Waals surface area contributed by atoms with E-state index in [1.54, 1.807) is 4.90 Å². The molecule has 2 atom stereocenters. The van der Waals surface area contributed by atoms with E-state index in [0.29, 0.717) is 30.6 Å². The molecule has 5 aromatic rings. The molecule has 14 nitrogen and oxygen atoms in total. The monoisotopic (exact) mass is 1010 g/mol. The van der Waals surface area contributed by atoms with E-state index in [2.05, 4.69) is 43.2 Å². The number of anilines is 1. The second-order valence-corrected chi connectivity index (χ2v) is 20.6. The number of rotatable bonds is 13. The Morgan fingerprint density at radius 1 is 0.931 bits per heavy atom. The molecule has 4 aliphatic heterocycles. The minimum absolute atomic E-state index is 0.0492. The number of nitrogens with one attached hydrogen (secondary N) is 2. The van der Waals surface area contributed by atoms with Crippen molar-refractivity contribution in [1.29, 1.82) is 0 Å². The largest absolute Gasteiger partial charge is 0.488 e. The first-order valence-corrected chi connectivity index (χ1v) is 25.7. The summed E-state index contributed by atoms with van der Waals surface area (Å²) in [5.41, 5.74) is 8.52. The Hall–Kier alpha value is -6.07. The van der Waals surface area contributed by atoms with Gasteiger partial charge in [0.25, 0.3) is 0 Å². The van der Waals surface area contributed by atoms with Gasteiger partial charge in [-0.25, -0.2) is 13.6 Å². The zero-order chi connectivity index (χ0) is 50.4. The highest BCUT2D eigenvalue weighted by molar-refractivity contribution is 6.34. The zero-order valence-corrected chi connectivity index (χ0v) is 41.5. The smallest absolute Gasteiger partial charge is 0.328 e. The molecule has 380 valence electrons. The number of urea groups is 1. The van der Waals surface area contributed by atoms with Crippen molar-refractivity contribution in [2.45, 2.75) is 94.2 Å². The molecule has 4 fully saturated rings. The summed E-state index contributed by atoms with van der Waals surface area (Å²) >= 11 is 6.73. The molecule has 1 saturated carbocycles. The fourth-order valence-corrected chi connectivity index (χ4v) is 12.5. The molecule has 5 aliphatic rings. The number of carbonyl (C=O) groups is 4. The summed E-state index contributed by atoms with van der Waals surface area (Å²) in [5, 5.41) is 16.2. The van der Waals surface area contributed by atoms with Crippen molar-refractivity contribution in [3.8, 4) is 22.6 Å². The Morgan fingerprint density at radius 2 is 1.67 bits per heavy atom. The first kappa shape index (κ1) is 49.5. The number of hydrogen-bond donors (Lipinski definition) is 4. The number of hydrogen-bond acceptors (Lipinski definition) is 9. The van der Waals surface area contributed by atoms with Crippen LogP contribution in [-0.4, -0.2) is 108 Å². The third-order valence-electron chi connectivity index (χ3n) is 16.2. The topological polar surface area (TPSA) is 172 Å². The highest BCUT2D eigenvalue weighted by Gasteiger charge is 2.50. The minimum atomic E-state index is -1.10. The first-order chi connectivity index (χ1) is 34.8. The molecular formula is C55H62ClF2N7O7. The second-order valence-electron chi connectivity index (χ2n) is 20.2. The maximum absolute atomic E-state index is 16.5. The maximum atomic E-state index is 16.5. The van der Waals surface area contributed by atoms with Gasteiger partial charge in [-0.05, 0) is 99.7 Å². The van der Waals surface area contributed by atoms with E-state index in [-0.39, 0.29) is 77.6 Å². The molecule has 3 saturated heterocycles. The van der Waals surface area contributed by atoms with Crippen molar-refractivity contribution in [2.75, 3.05) is 57.4 Å². The van der Waals surface area contributed by atoms with E-state index in [9.17, 15) is 24.3 Å². The Kier molecular flexibility index (Phi) is 14.1. The van der Waals surface area contributed by atoms with Crippen LogP contribution in [0.3, 0.4) is 0 Å². The summed E-state index contributed by atoms with van der Waals surface area (Å²) in [6.07, 6.45) is 9.34. The number of nitrogens with zero attached hydrogens (tertiary/aromatic N) is 4. The standard InChI is InChI=1S/C55H62ClF2N7O7/c1-32-47-45(29-41(57)50(56)49(47)48-40(52(59)68)14-15-44(51(48)58)71-27-26-66)72-55(32,36-6-4-3-5-7-36)31-60-37-11-8-34(9-12-37)53(69)64-23-18-38(19-24-64)63-21-16-33(17-22-63)35-10-13-39-42(28-35)62(2)30-43(39)65-25-20-46(67)61-54(65)70/h3-7,10,13-15,28-30,32-34,37-38,60,66H,8-9,11-12,16-27,31H2,1-2H3,(H2,59,68)(H,61,67,70). The molecule has 1 aromatic heterocycles. The Labute approximate surface area is 422 Å². The average molecular weight is 1010 g/mol. The number of ether oxygens (including phenoxy) is 2. The molecule has 0 radical (unpaired) electrons. The summed E-state index contributed by atoms with van der Waals surface area (Å²) in [7, 11) is 2.00. The van der Waals surface area contributed by atoms with Gasteiger partial charge in [0.2, 0.25) is 17.7 Å². The van der Waals surface area contributed by atoms with Crippen molar-refractivity contribution >= 4 is 51.9 Å². The van der Waals surface area contributed by atoms with Crippen LogP contribution >= 0.6 is 11.6 Å². The van der Waals surface area contributed by atoms with E-state index in [1.807, 2.05) is 50.5 Å². The van der Waals surface area contributed by atoms with E-state index in [1.165, 1.54) is 23.8 Å². The van der Waals surface area contributed by atoms with Crippen molar-refractivity contribution in [1.82, 2.24) is 25.0 Å². The number of likely N-dealkylation sites (tertiary alicyclic amines) is 2. The molecule has 72 heavy (non-hydrogen) atoms. The van der Waals surface area contributed by atoms with Crippen molar-refractivity contribution in [3.63, 3.8) is 0 Å². The molecule has 1 aliphatic carbocycles. The molecule has 10 rings (SSSR count). The SMILES string of the molecule is CC1c2c(cc(F)c(Cl)c2-c2c(C(N)=O)ccc(OCCO)c2F)OC1(CNC1CCC(C(=O)N2CCC(N3CCC(c4ccc5c(N6CCC(=O)NC6=O)cn(C)c5c4)CC3)CC2)CC1)c1ccccc1. The van der Waals surface area contributed by atoms with Gasteiger partial charge in [-0.2, -0.15) is 0 Å². The van der Waals surface area contributed by atoms with Crippen molar-refractivity contribution < 1.29 is 42.5 Å². The van der Waals surface area contributed by atoms with Crippen LogP contribution in [-0.2, 0) is 22.2 Å². The number of primary amides is 1. The lowest BCUT2D eigenvalue weighted by molar-refractivity contribution is -0.138. The van der Waals surface area contributed by atoms with Crippen LogP contribution in [0.15, 0.2) is 72.9 Å². The molecule has 5 N–H and O–H groups in total. The molecule has 17 heteroatoms. The van der Waals surface area contributed by atoms with Crippen LogP contribution in [0.1, 0.15) is 104 Å². The van der Waals surface area contributed by atoms with E-state index >= 15 is 8.78 Å². The number of nitrogens with two attached hydrogens (primary N) is 1. The number of benzene rings is 4. The van der Waals surface area contributed by atoms with Crippen LogP contribution in [0.4, 0.5) is 19.3 Å². The molecule has 2 unspecified atom stereocenters. The third kappa shape index (κ3) is 9.20. The van der Waals surface area contributed by atoms with Gasteiger partial charge < -0.3 is 40.0 Å². The van der Waals surface area contributed by atoms with Crippen LogP contribution < -0.4 is 30.7 Å². The predicted octanol–water partition coefficient (Wildman–Crippen LogP) is 8.10. The van der Waals surface area contributed by atoms with Gasteiger partial charge in [0, 0.05) is 97.9 Å². The minimum Gasteiger partial charge on any atom is -0.488 e. The normalized spacial score (nSPS) is 23.3. The summed E-state index contributed by atoms with van der Waals surface area (Å²) in [6.45, 7) is 5.52. The summed E-state index contributed by atoms with van der Waals surface area (Å²) < 4.78 is 46.7. The lowest BCUT2D eigenvalue weighted by Gasteiger charge is -2.43. The van der Waals surface area contributed by atoms with Gasteiger partial charge in [0.15, 0.2) is 17.2 Å². The Bertz CT molecular complexity index is 2890. The highest BCUT2D eigenvalue weighted by Crippen LogP contribution is 2.56.